The largest absolute Gasteiger partial charge is 0.314 e. The summed E-state index contributed by atoms with van der Waals surface area (Å²) in [7, 11) is 0. The molecule has 3 rings (SSSR count). The minimum atomic E-state index is 0.908. The number of hydrogen-bond acceptors (Lipinski definition) is 1. The van der Waals surface area contributed by atoms with Crippen LogP contribution in [0.1, 0.15) is 57.8 Å². The third kappa shape index (κ3) is 2.22. The number of hydrogen-bond donors (Lipinski definition) is 1. The van der Waals surface area contributed by atoms with Crippen LogP contribution in [0.2, 0.25) is 0 Å². The summed E-state index contributed by atoms with van der Waals surface area (Å²) < 4.78 is 0. The molecule has 0 spiro atoms. The van der Waals surface area contributed by atoms with E-state index in [2.05, 4.69) is 5.32 Å². The molecule has 86 valence electrons. The Bertz CT molecular complexity index is 207. The van der Waals surface area contributed by atoms with E-state index in [1.807, 2.05) is 0 Å². The van der Waals surface area contributed by atoms with Crippen molar-refractivity contribution in [2.75, 3.05) is 6.54 Å². The average Bonchev–Trinajstić information content (AvgIpc) is 2.93. The highest BCUT2D eigenvalue weighted by atomic mass is 14.9. The van der Waals surface area contributed by atoms with Crippen LogP contribution in [0.25, 0.3) is 0 Å². The van der Waals surface area contributed by atoms with Gasteiger partial charge in [0.25, 0.3) is 0 Å². The maximum atomic E-state index is 3.84. The number of rotatable bonds is 4. The van der Waals surface area contributed by atoms with E-state index in [0.717, 1.165) is 23.8 Å². The van der Waals surface area contributed by atoms with Crippen molar-refractivity contribution in [2.45, 2.75) is 63.8 Å². The zero-order valence-electron chi connectivity index (χ0n) is 9.88. The SMILES string of the molecule is C1CCC(CCNC2CC3CCC2C3)C1. The lowest BCUT2D eigenvalue weighted by Crippen LogP contribution is -2.35. The Morgan fingerprint density at radius 3 is 2.47 bits per heavy atom. The van der Waals surface area contributed by atoms with E-state index in [9.17, 15) is 0 Å². The van der Waals surface area contributed by atoms with Gasteiger partial charge in [-0.1, -0.05) is 32.1 Å². The summed E-state index contributed by atoms with van der Waals surface area (Å²) in [5.41, 5.74) is 0. The molecule has 0 heterocycles. The van der Waals surface area contributed by atoms with Crippen LogP contribution in [0.15, 0.2) is 0 Å². The maximum Gasteiger partial charge on any atom is 0.00980 e. The van der Waals surface area contributed by atoms with Gasteiger partial charge in [0.2, 0.25) is 0 Å². The molecule has 0 aromatic carbocycles. The molecule has 3 saturated carbocycles. The maximum absolute atomic E-state index is 3.84. The van der Waals surface area contributed by atoms with Gasteiger partial charge in [0.15, 0.2) is 0 Å². The molecule has 0 saturated heterocycles. The molecule has 0 aromatic rings. The van der Waals surface area contributed by atoms with Crippen LogP contribution in [0.5, 0.6) is 0 Å². The van der Waals surface area contributed by atoms with E-state index in [1.54, 1.807) is 6.42 Å². The predicted molar refractivity (Wildman–Crippen MR) is 63.8 cm³/mol. The lowest BCUT2D eigenvalue weighted by Gasteiger charge is -2.23. The van der Waals surface area contributed by atoms with Gasteiger partial charge in [0.05, 0.1) is 0 Å². The highest BCUT2D eigenvalue weighted by Gasteiger charge is 2.38. The van der Waals surface area contributed by atoms with Gasteiger partial charge < -0.3 is 5.32 Å². The molecule has 1 N–H and O–H groups in total. The first kappa shape index (κ1) is 10.1. The Morgan fingerprint density at radius 2 is 1.80 bits per heavy atom. The standard InChI is InChI=1S/C14H25N/c1-2-4-11(3-1)7-8-15-14-10-12-5-6-13(14)9-12/h11-15H,1-10H2. The van der Waals surface area contributed by atoms with E-state index in [-0.39, 0.29) is 0 Å². The Morgan fingerprint density at radius 1 is 0.933 bits per heavy atom. The second-order valence-electron chi connectivity index (χ2n) is 6.17. The minimum Gasteiger partial charge on any atom is -0.314 e. The highest BCUT2D eigenvalue weighted by Crippen LogP contribution is 2.44. The molecule has 3 unspecified atom stereocenters. The van der Waals surface area contributed by atoms with Crippen LogP contribution >= 0.6 is 0 Å². The van der Waals surface area contributed by atoms with Gasteiger partial charge in [0.1, 0.15) is 0 Å². The predicted octanol–water partition coefficient (Wildman–Crippen LogP) is 3.34. The van der Waals surface area contributed by atoms with E-state index < -0.39 is 0 Å². The van der Waals surface area contributed by atoms with Gasteiger partial charge in [-0.05, 0) is 50.0 Å². The topological polar surface area (TPSA) is 12.0 Å². The monoisotopic (exact) mass is 207 g/mol. The minimum absolute atomic E-state index is 0.908. The first-order valence-corrected chi connectivity index (χ1v) is 7.15. The molecule has 0 radical (unpaired) electrons. The van der Waals surface area contributed by atoms with E-state index in [1.165, 1.54) is 57.9 Å². The van der Waals surface area contributed by atoms with Crippen molar-refractivity contribution in [1.29, 1.82) is 0 Å². The normalized spacial score (nSPS) is 40.4. The second-order valence-corrected chi connectivity index (χ2v) is 6.17. The quantitative estimate of drug-likeness (QED) is 0.745. The Labute approximate surface area is 94.0 Å². The first-order valence-electron chi connectivity index (χ1n) is 7.15. The van der Waals surface area contributed by atoms with Crippen molar-refractivity contribution in [1.82, 2.24) is 5.32 Å². The summed E-state index contributed by atoms with van der Waals surface area (Å²) >= 11 is 0. The van der Waals surface area contributed by atoms with Crippen LogP contribution in [-0.2, 0) is 0 Å². The van der Waals surface area contributed by atoms with Crippen LogP contribution in [0.4, 0.5) is 0 Å². The summed E-state index contributed by atoms with van der Waals surface area (Å²) in [5, 5.41) is 3.84. The first-order chi connectivity index (χ1) is 7.42. The van der Waals surface area contributed by atoms with Crippen LogP contribution in [-0.4, -0.2) is 12.6 Å². The summed E-state index contributed by atoms with van der Waals surface area (Å²) in [4.78, 5) is 0. The van der Waals surface area contributed by atoms with Crippen molar-refractivity contribution in [3.8, 4) is 0 Å². The molecule has 1 heteroatoms. The molecule has 3 fully saturated rings. The van der Waals surface area contributed by atoms with Gasteiger partial charge in [-0.3, -0.25) is 0 Å². The number of fused-ring (bicyclic) bond motifs is 2. The molecular formula is C14H25N. The third-order valence-electron chi connectivity index (χ3n) is 5.17. The fourth-order valence-electron chi connectivity index (χ4n) is 4.27. The molecular weight excluding hydrogens is 182 g/mol. The highest BCUT2D eigenvalue weighted by molar-refractivity contribution is 4.94. The number of nitrogens with one attached hydrogen (secondary N) is 1. The summed E-state index contributed by atoms with van der Waals surface area (Å²) in [5.74, 6) is 3.22. The van der Waals surface area contributed by atoms with Crippen LogP contribution in [0, 0.1) is 17.8 Å². The molecule has 1 nitrogen and oxygen atoms in total. The van der Waals surface area contributed by atoms with Gasteiger partial charge in [-0.15, -0.1) is 0 Å². The smallest absolute Gasteiger partial charge is 0.00980 e. The Kier molecular flexibility index (Phi) is 3.01. The van der Waals surface area contributed by atoms with E-state index >= 15 is 0 Å². The second kappa shape index (κ2) is 4.45. The molecule has 0 aliphatic heterocycles. The van der Waals surface area contributed by atoms with Crippen molar-refractivity contribution in [3.05, 3.63) is 0 Å². The molecule has 3 aliphatic rings. The van der Waals surface area contributed by atoms with E-state index in [4.69, 9.17) is 0 Å². The summed E-state index contributed by atoms with van der Waals surface area (Å²) in [6.07, 6.45) is 13.6. The van der Waals surface area contributed by atoms with Crippen molar-refractivity contribution in [3.63, 3.8) is 0 Å². The molecule has 15 heavy (non-hydrogen) atoms. The van der Waals surface area contributed by atoms with Gasteiger partial charge in [0, 0.05) is 6.04 Å². The molecule has 2 bridgehead atoms. The lowest BCUT2D eigenvalue weighted by molar-refractivity contribution is 0.339. The molecule has 3 aliphatic carbocycles. The zero-order chi connectivity index (χ0) is 10.1. The van der Waals surface area contributed by atoms with Crippen LogP contribution < -0.4 is 5.32 Å². The van der Waals surface area contributed by atoms with Crippen molar-refractivity contribution < 1.29 is 0 Å². The van der Waals surface area contributed by atoms with Crippen molar-refractivity contribution >= 4 is 0 Å². The average molecular weight is 207 g/mol. The van der Waals surface area contributed by atoms with E-state index in [0.29, 0.717) is 0 Å². The molecule has 0 amide bonds. The molecule has 3 atom stereocenters. The van der Waals surface area contributed by atoms with Gasteiger partial charge >= 0.3 is 0 Å². The fraction of sp³-hybridized carbons (Fsp3) is 1.00. The summed E-state index contributed by atoms with van der Waals surface area (Å²) in [6, 6.07) is 0.908. The van der Waals surface area contributed by atoms with Gasteiger partial charge in [-0.2, -0.15) is 0 Å². The van der Waals surface area contributed by atoms with Crippen molar-refractivity contribution in [2.24, 2.45) is 17.8 Å². The lowest BCUT2D eigenvalue weighted by atomic mass is 9.95. The Hall–Kier alpha value is -0.0400. The third-order valence-corrected chi connectivity index (χ3v) is 5.17. The summed E-state index contributed by atoms with van der Waals surface area (Å²) in [6.45, 7) is 1.30. The van der Waals surface area contributed by atoms with Gasteiger partial charge in [-0.25, -0.2) is 0 Å². The fourth-order valence-corrected chi connectivity index (χ4v) is 4.27. The van der Waals surface area contributed by atoms with Crippen LogP contribution in [0.3, 0.4) is 0 Å². The Balaban J connectivity index is 1.36. The molecule has 0 aromatic heterocycles. The zero-order valence-corrected chi connectivity index (χ0v) is 9.88.